The quantitative estimate of drug-likeness (QED) is 0.645. The van der Waals surface area contributed by atoms with Gasteiger partial charge in [0.15, 0.2) is 0 Å². The molecule has 8 heteroatoms. The fourth-order valence-electron chi connectivity index (χ4n) is 3.82. The molecule has 2 heterocycles. The Labute approximate surface area is 178 Å². The fourth-order valence-corrected chi connectivity index (χ4v) is 5.08. The van der Waals surface area contributed by atoms with Gasteiger partial charge in [0.2, 0.25) is 0 Å². The van der Waals surface area contributed by atoms with Crippen molar-refractivity contribution in [3.8, 4) is 11.5 Å². The van der Waals surface area contributed by atoms with Gasteiger partial charge in [0.1, 0.15) is 11.5 Å². The molecule has 2 aliphatic rings. The minimum absolute atomic E-state index is 0.0437. The van der Waals surface area contributed by atoms with E-state index in [2.05, 4.69) is 0 Å². The van der Waals surface area contributed by atoms with E-state index in [0.29, 0.717) is 30.6 Å². The smallest absolute Gasteiger partial charge is 0.416 e. The number of fused-ring (bicyclic) bond motifs is 1. The summed E-state index contributed by atoms with van der Waals surface area (Å²) < 4.78 is 43.9. The van der Waals surface area contributed by atoms with Gasteiger partial charge in [0.25, 0.3) is 0 Å². The summed E-state index contributed by atoms with van der Waals surface area (Å²) >= 11 is 1.88. The maximum atomic E-state index is 12.9. The van der Waals surface area contributed by atoms with Crippen LogP contribution in [-0.4, -0.2) is 47.0 Å². The zero-order chi connectivity index (χ0) is 21.3. The zero-order valence-corrected chi connectivity index (χ0v) is 17.4. The molecular formula is C22H23F3N2O2S. The lowest BCUT2D eigenvalue weighted by Gasteiger charge is -2.34. The van der Waals surface area contributed by atoms with Gasteiger partial charge in [-0.15, -0.1) is 0 Å². The standard InChI is InChI=1S/C22H23F3N2O2S/c1-26(18-9-11-30-14-18)21(28)27-10-8-15-2-5-20(12-16(15)13-27)29-19-6-3-17(4-7-19)22(23,24)25/h2-7,12,18H,8-11,13-14H2,1H3. The lowest BCUT2D eigenvalue weighted by atomic mass is 9.99. The van der Waals surface area contributed by atoms with Crippen LogP contribution >= 0.6 is 11.8 Å². The first-order valence-electron chi connectivity index (χ1n) is 9.87. The van der Waals surface area contributed by atoms with Crippen LogP contribution in [0.15, 0.2) is 42.5 Å². The van der Waals surface area contributed by atoms with Crippen molar-refractivity contribution in [2.24, 2.45) is 0 Å². The molecule has 1 fully saturated rings. The first-order valence-corrected chi connectivity index (χ1v) is 11.0. The van der Waals surface area contributed by atoms with Crippen LogP contribution in [0.3, 0.4) is 0 Å². The van der Waals surface area contributed by atoms with E-state index < -0.39 is 11.7 Å². The van der Waals surface area contributed by atoms with Gasteiger partial charge in [0.05, 0.1) is 5.56 Å². The minimum Gasteiger partial charge on any atom is -0.457 e. The number of carbonyl (C=O) groups is 1. The number of rotatable bonds is 3. The number of alkyl halides is 3. The lowest BCUT2D eigenvalue weighted by molar-refractivity contribution is -0.137. The third kappa shape index (κ3) is 4.53. The molecule has 2 aliphatic heterocycles. The third-order valence-corrected chi connectivity index (χ3v) is 6.78. The van der Waals surface area contributed by atoms with Crippen LogP contribution in [0.1, 0.15) is 23.1 Å². The number of nitrogens with zero attached hydrogens (tertiary/aromatic N) is 2. The summed E-state index contributed by atoms with van der Waals surface area (Å²) in [4.78, 5) is 16.6. The van der Waals surface area contributed by atoms with Crippen molar-refractivity contribution in [1.29, 1.82) is 0 Å². The second-order valence-electron chi connectivity index (χ2n) is 7.64. The number of carbonyl (C=O) groups excluding carboxylic acids is 1. The van der Waals surface area contributed by atoms with Gasteiger partial charge in [-0.2, -0.15) is 24.9 Å². The van der Waals surface area contributed by atoms with E-state index in [0.717, 1.165) is 47.6 Å². The molecule has 2 amide bonds. The average molecular weight is 436 g/mol. The molecule has 1 atom stereocenters. The second kappa shape index (κ2) is 8.41. The van der Waals surface area contributed by atoms with Crippen LogP contribution in [0.2, 0.25) is 0 Å². The van der Waals surface area contributed by atoms with E-state index in [1.54, 1.807) is 0 Å². The number of urea groups is 1. The van der Waals surface area contributed by atoms with Crippen LogP contribution in [-0.2, 0) is 19.1 Å². The van der Waals surface area contributed by atoms with E-state index in [1.165, 1.54) is 12.1 Å². The number of ether oxygens (including phenoxy) is 1. The topological polar surface area (TPSA) is 32.8 Å². The number of halogens is 3. The van der Waals surface area contributed by atoms with Gasteiger partial charge in [-0.05, 0) is 66.1 Å². The van der Waals surface area contributed by atoms with Crippen molar-refractivity contribution in [3.05, 3.63) is 59.2 Å². The van der Waals surface area contributed by atoms with Crippen molar-refractivity contribution in [1.82, 2.24) is 9.80 Å². The Morgan fingerprint density at radius 1 is 1.13 bits per heavy atom. The molecular weight excluding hydrogens is 413 g/mol. The maximum Gasteiger partial charge on any atom is 0.416 e. The summed E-state index contributed by atoms with van der Waals surface area (Å²) in [5.74, 6) is 2.96. The second-order valence-corrected chi connectivity index (χ2v) is 8.79. The lowest BCUT2D eigenvalue weighted by Crippen LogP contribution is -2.47. The van der Waals surface area contributed by atoms with Crippen LogP contribution < -0.4 is 4.74 Å². The first kappa shape index (κ1) is 20.9. The van der Waals surface area contributed by atoms with Gasteiger partial charge in [-0.25, -0.2) is 4.79 Å². The summed E-state index contributed by atoms with van der Waals surface area (Å²) in [5.41, 5.74) is 1.46. The van der Waals surface area contributed by atoms with Crippen LogP contribution in [0, 0.1) is 0 Å². The molecule has 0 spiro atoms. The highest BCUT2D eigenvalue weighted by atomic mass is 32.2. The minimum atomic E-state index is -4.37. The van der Waals surface area contributed by atoms with Crippen molar-refractivity contribution in [3.63, 3.8) is 0 Å². The molecule has 0 bridgehead atoms. The Bertz CT molecular complexity index is 912. The molecule has 4 rings (SSSR count). The van der Waals surface area contributed by atoms with Crippen molar-refractivity contribution in [2.75, 3.05) is 25.1 Å². The third-order valence-electron chi connectivity index (χ3n) is 5.63. The molecule has 1 saturated heterocycles. The molecule has 30 heavy (non-hydrogen) atoms. The highest BCUT2D eigenvalue weighted by Crippen LogP contribution is 2.32. The molecule has 160 valence electrons. The summed E-state index contributed by atoms with van der Waals surface area (Å²) in [6.07, 6.45) is -2.57. The molecule has 2 aromatic rings. The molecule has 2 aromatic carbocycles. The fraction of sp³-hybridized carbons (Fsp3) is 0.409. The van der Waals surface area contributed by atoms with E-state index in [1.807, 2.05) is 46.8 Å². The van der Waals surface area contributed by atoms with E-state index in [-0.39, 0.29) is 6.03 Å². The molecule has 1 unspecified atom stereocenters. The Hall–Kier alpha value is -2.35. The summed E-state index contributed by atoms with van der Waals surface area (Å²) in [6, 6.07) is 10.6. The molecule has 0 aromatic heterocycles. The Balaban J connectivity index is 1.44. The highest BCUT2D eigenvalue weighted by molar-refractivity contribution is 7.99. The number of hydrogen-bond acceptors (Lipinski definition) is 3. The monoisotopic (exact) mass is 436 g/mol. The number of thioether (sulfide) groups is 1. The van der Waals surface area contributed by atoms with Gasteiger partial charge < -0.3 is 14.5 Å². The predicted octanol–water partition coefficient (Wildman–Crippen LogP) is 5.41. The summed E-state index contributed by atoms with van der Waals surface area (Å²) in [7, 11) is 1.87. The number of amides is 2. The SMILES string of the molecule is CN(C(=O)N1CCc2ccc(Oc3ccc(C(F)(F)F)cc3)cc2C1)C1CCSC1. The molecule has 0 N–H and O–H groups in total. The largest absolute Gasteiger partial charge is 0.457 e. The van der Waals surface area contributed by atoms with Crippen LogP contribution in [0.4, 0.5) is 18.0 Å². The molecule has 4 nitrogen and oxygen atoms in total. The normalized spacial score (nSPS) is 18.8. The van der Waals surface area contributed by atoms with Crippen molar-refractivity contribution in [2.45, 2.75) is 31.6 Å². The maximum absolute atomic E-state index is 12.9. The van der Waals surface area contributed by atoms with Crippen molar-refractivity contribution >= 4 is 17.8 Å². The Morgan fingerprint density at radius 3 is 2.53 bits per heavy atom. The Kier molecular flexibility index (Phi) is 5.86. The van der Waals surface area contributed by atoms with Gasteiger partial charge >= 0.3 is 12.2 Å². The van der Waals surface area contributed by atoms with Crippen molar-refractivity contribution < 1.29 is 22.7 Å². The summed E-state index contributed by atoms with van der Waals surface area (Å²) in [6.45, 7) is 1.18. The van der Waals surface area contributed by atoms with Gasteiger partial charge in [-0.3, -0.25) is 0 Å². The Morgan fingerprint density at radius 2 is 1.87 bits per heavy atom. The predicted molar refractivity (Wildman–Crippen MR) is 111 cm³/mol. The van der Waals surface area contributed by atoms with Gasteiger partial charge in [0, 0.05) is 31.9 Å². The average Bonchev–Trinajstić information content (AvgIpc) is 3.27. The summed E-state index contributed by atoms with van der Waals surface area (Å²) in [5, 5.41) is 0. The molecule has 0 saturated carbocycles. The van der Waals surface area contributed by atoms with E-state index in [4.69, 9.17) is 4.74 Å². The van der Waals surface area contributed by atoms with Crippen LogP contribution in [0.5, 0.6) is 11.5 Å². The van der Waals surface area contributed by atoms with Crippen LogP contribution in [0.25, 0.3) is 0 Å². The number of hydrogen-bond donors (Lipinski definition) is 0. The van der Waals surface area contributed by atoms with Gasteiger partial charge in [-0.1, -0.05) is 6.07 Å². The zero-order valence-electron chi connectivity index (χ0n) is 16.6. The van der Waals surface area contributed by atoms with E-state index in [9.17, 15) is 18.0 Å². The van der Waals surface area contributed by atoms with E-state index >= 15 is 0 Å². The molecule has 0 aliphatic carbocycles. The first-order chi connectivity index (χ1) is 14.3. The molecule has 0 radical (unpaired) electrons. The highest BCUT2D eigenvalue weighted by Gasteiger charge is 2.31. The number of benzene rings is 2.